The minimum absolute atomic E-state index is 0.0648. The summed E-state index contributed by atoms with van der Waals surface area (Å²) in [7, 11) is -1.93. The molecule has 1 N–H and O–H groups in total. The van der Waals surface area contributed by atoms with Gasteiger partial charge in [-0.25, -0.2) is 4.90 Å². The van der Waals surface area contributed by atoms with E-state index in [2.05, 4.69) is 39.2 Å². The minimum atomic E-state index is -1.93. The number of β-lactam (4-membered cyclic amide) rings is 1. The van der Waals surface area contributed by atoms with Crippen molar-refractivity contribution in [3.63, 3.8) is 0 Å². The fraction of sp³-hybridized carbons (Fsp3) is 0.667. The van der Waals surface area contributed by atoms with Crippen molar-refractivity contribution >= 4 is 26.0 Å². The maximum Gasteiger partial charge on any atom is 0.267 e. The van der Waals surface area contributed by atoms with Crippen LogP contribution in [-0.4, -0.2) is 49.3 Å². The average Bonchev–Trinajstić information content (AvgIpc) is 2.72. The zero-order valence-corrected chi connectivity index (χ0v) is 23.7. The Kier molecular flexibility index (Phi) is 7.59. The van der Waals surface area contributed by atoms with Crippen LogP contribution in [0.2, 0.25) is 18.1 Å². The number of hydrogen-bond acceptors (Lipinski definition) is 5. The Morgan fingerprint density at radius 1 is 1.20 bits per heavy atom. The summed E-state index contributed by atoms with van der Waals surface area (Å²) in [5.74, 6) is -0.937. The highest BCUT2D eigenvalue weighted by Gasteiger charge is 2.52. The number of nitrogens with zero attached hydrogens (tertiary/aromatic N) is 1. The highest BCUT2D eigenvalue weighted by Crippen LogP contribution is 2.40. The summed E-state index contributed by atoms with van der Waals surface area (Å²) in [5, 5.41) is 3.00. The molecule has 0 aromatic heterocycles. The van der Waals surface area contributed by atoms with Gasteiger partial charge in [0, 0.05) is 13.0 Å². The Balaban J connectivity index is 1.78. The minimum Gasteiger partial charge on any atom is -0.467 e. The largest absolute Gasteiger partial charge is 0.467 e. The Bertz CT molecular complexity index is 986. The predicted molar refractivity (Wildman–Crippen MR) is 138 cm³/mol. The lowest BCUT2D eigenvalue weighted by molar-refractivity contribution is -0.156. The van der Waals surface area contributed by atoms with Crippen molar-refractivity contribution in [2.75, 3.05) is 6.61 Å². The van der Waals surface area contributed by atoms with Gasteiger partial charge in [-0.2, -0.15) is 0 Å². The van der Waals surface area contributed by atoms with Crippen molar-refractivity contribution in [2.24, 2.45) is 17.8 Å². The highest BCUT2D eigenvalue weighted by atomic mass is 28.4. The number of carbonyl (C=O) groups is 3. The topological polar surface area (TPSA) is 84.9 Å². The first-order valence-electron chi connectivity index (χ1n) is 12.7. The summed E-state index contributed by atoms with van der Waals surface area (Å²) < 4.78 is 12.6. The fourth-order valence-corrected chi connectivity index (χ4v) is 5.87. The van der Waals surface area contributed by atoms with Crippen LogP contribution in [0.1, 0.15) is 71.7 Å². The molecule has 0 aliphatic carbocycles. The van der Waals surface area contributed by atoms with E-state index in [9.17, 15) is 14.4 Å². The van der Waals surface area contributed by atoms with Crippen LogP contribution in [0.4, 0.5) is 0 Å². The molecule has 1 saturated heterocycles. The van der Waals surface area contributed by atoms with Crippen LogP contribution in [0.25, 0.3) is 0 Å². The van der Waals surface area contributed by atoms with Crippen LogP contribution in [0, 0.1) is 17.8 Å². The lowest BCUT2D eigenvalue weighted by atomic mass is 9.79. The van der Waals surface area contributed by atoms with Gasteiger partial charge in [-0.1, -0.05) is 53.7 Å². The Morgan fingerprint density at radius 3 is 2.40 bits per heavy atom. The van der Waals surface area contributed by atoms with Gasteiger partial charge in [-0.3, -0.25) is 14.4 Å². The smallest absolute Gasteiger partial charge is 0.267 e. The van der Waals surface area contributed by atoms with Crippen LogP contribution in [-0.2, 0) is 14.0 Å². The molecular formula is C27H42N2O5Si. The molecule has 1 aromatic rings. The normalized spacial score (nSPS) is 25.5. The standard InChI is InChI=1S/C27H42N2O5Si/c1-17(2)16-27(7)29(25(32)19-12-10-11-13-21(19)34-27)24(31)18(3)22-20(23(30)28-22)14-15-33-35(8,9)26(4,5)6/h10-13,17-18,20,22H,14-16H2,1-9H3,(H,28,30)/t18?,20-,22-,27?/m1/s1. The molecule has 2 aliphatic heterocycles. The third-order valence-electron chi connectivity index (χ3n) is 7.84. The maximum absolute atomic E-state index is 13.8. The lowest BCUT2D eigenvalue weighted by Crippen LogP contribution is -2.67. The van der Waals surface area contributed by atoms with Crippen LogP contribution in [0.5, 0.6) is 5.75 Å². The second-order valence-corrected chi connectivity index (χ2v) is 17.0. The zero-order valence-electron chi connectivity index (χ0n) is 22.7. The van der Waals surface area contributed by atoms with E-state index < -0.39 is 20.0 Å². The Labute approximate surface area is 211 Å². The SMILES string of the molecule is CC(C)CC1(C)Oc2ccccc2C(=O)N1C(=O)C(C)[C@H]1NC(=O)[C@@H]1CCO[Si](C)(C)C(C)(C)C. The number of hydrogen-bond donors (Lipinski definition) is 1. The molecule has 0 saturated carbocycles. The molecule has 2 heterocycles. The number of para-hydroxylation sites is 1. The van der Waals surface area contributed by atoms with Crippen molar-refractivity contribution in [1.82, 2.24) is 10.2 Å². The van der Waals surface area contributed by atoms with Gasteiger partial charge < -0.3 is 14.5 Å². The molecule has 194 valence electrons. The van der Waals surface area contributed by atoms with Gasteiger partial charge in [0.1, 0.15) is 5.75 Å². The number of nitrogens with one attached hydrogen (secondary N) is 1. The first kappa shape index (κ1) is 27.4. The average molecular weight is 503 g/mol. The number of imide groups is 1. The molecule has 1 fully saturated rings. The van der Waals surface area contributed by atoms with Crippen LogP contribution in [0.3, 0.4) is 0 Å². The number of ether oxygens (including phenoxy) is 1. The molecule has 7 nitrogen and oxygen atoms in total. The Morgan fingerprint density at radius 2 is 1.83 bits per heavy atom. The van der Waals surface area contributed by atoms with Crippen molar-refractivity contribution in [2.45, 2.75) is 91.2 Å². The van der Waals surface area contributed by atoms with Gasteiger partial charge in [0.05, 0.1) is 23.4 Å². The van der Waals surface area contributed by atoms with Crippen LogP contribution in [0.15, 0.2) is 24.3 Å². The van der Waals surface area contributed by atoms with E-state index in [1.54, 1.807) is 32.0 Å². The van der Waals surface area contributed by atoms with Gasteiger partial charge in [-0.15, -0.1) is 0 Å². The number of benzene rings is 1. The summed E-state index contributed by atoms with van der Waals surface area (Å²) in [5.41, 5.74) is -0.717. The first-order chi connectivity index (χ1) is 16.1. The van der Waals surface area contributed by atoms with Crippen LogP contribution < -0.4 is 10.1 Å². The molecule has 8 heteroatoms. The summed E-state index contributed by atoms with van der Waals surface area (Å²) in [6, 6.07) is 6.70. The summed E-state index contributed by atoms with van der Waals surface area (Å²) in [6.45, 7) is 19.1. The van der Waals surface area contributed by atoms with E-state index >= 15 is 0 Å². The van der Waals surface area contributed by atoms with E-state index in [4.69, 9.17) is 9.16 Å². The molecule has 35 heavy (non-hydrogen) atoms. The molecule has 0 bridgehead atoms. The third-order valence-corrected chi connectivity index (χ3v) is 12.4. The number of rotatable bonds is 8. The summed E-state index contributed by atoms with van der Waals surface area (Å²) >= 11 is 0. The molecule has 0 radical (unpaired) electrons. The zero-order chi connectivity index (χ0) is 26.3. The van der Waals surface area contributed by atoms with E-state index in [1.165, 1.54) is 4.90 Å². The van der Waals surface area contributed by atoms with Crippen molar-refractivity contribution in [3.05, 3.63) is 29.8 Å². The molecule has 2 aliphatic rings. The fourth-order valence-electron chi connectivity index (χ4n) is 4.81. The van der Waals surface area contributed by atoms with Crippen molar-refractivity contribution < 1.29 is 23.5 Å². The van der Waals surface area contributed by atoms with Crippen LogP contribution >= 0.6 is 0 Å². The monoisotopic (exact) mass is 502 g/mol. The first-order valence-corrected chi connectivity index (χ1v) is 15.6. The Hall–Kier alpha value is -2.19. The second-order valence-electron chi connectivity index (χ2n) is 12.2. The number of fused-ring (bicyclic) bond motifs is 1. The molecular weight excluding hydrogens is 460 g/mol. The van der Waals surface area contributed by atoms with Gasteiger partial charge in [0.15, 0.2) is 14.0 Å². The van der Waals surface area contributed by atoms with Crippen molar-refractivity contribution in [1.29, 1.82) is 0 Å². The third kappa shape index (κ3) is 5.33. The van der Waals surface area contributed by atoms with Gasteiger partial charge in [0.25, 0.3) is 5.91 Å². The maximum atomic E-state index is 13.8. The van der Waals surface area contributed by atoms with E-state index in [0.29, 0.717) is 30.8 Å². The quantitative estimate of drug-likeness (QED) is 0.401. The van der Waals surface area contributed by atoms with E-state index in [1.807, 2.05) is 19.9 Å². The molecule has 1 aromatic carbocycles. The molecule has 4 atom stereocenters. The molecule has 2 unspecified atom stereocenters. The highest BCUT2D eigenvalue weighted by molar-refractivity contribution is 6.74. The molecule has 3 amide bonds. The van der Waals surface area contributed by atoms with Crippen molar-refractivity contribution in [3.8, 4) is 5.75 Å². The second kappa shape index (κ2) is 9.69. The predicted octanol–water partition coefficient (Wildman–Crippen LogP) is 4.97. The summed E-state index contributed by atoms with van der Waals surface area (Å²) in [4.78, 5) is 41.1. The molecule has 0 spiro atoms. The number of carbonyl (C=O) groups excluding carboxylic acids is 3. The lowest BCUT2D eigenvalue weighted by Gasteiger charge is -2.47. The summed E-state index contributed by atoms with van der Waals surface area (Å²) in [6.07, 6.45) is 1.06. The van der Waals surface area contributed by atoms with E-state index in [0.717, 1.165) is 0 Å². The van der Waals surface area contributed by atoms with E-state index in [-0.39, 0.29) is 40.6 Å². The molecule has 3 rings (SSSR count). The van der Waals surface area contributed by atoms with Gasteiger partial charge in [0.2, 0.25) is 11.8 Å². The number of amides is 3. The van der Waals surface area contributed by atoms with Gasteiger partial charge >= 0.3 is 0 Å². The van der Waals surface area contributed by atoms with Gasteiger partial charge in [-0.05, 0) is 49.5 Å².